The second-order valence-corrected chi connectivity index (χ2v) is 9.26. The van der Waals surface area contributed by atoms with Crippen LogP contribution in [0.25, 0.3) is 0 Å². The number of hydrogen-bond acceptors (Lipinski definition) is 9. The van der Waals surface area contributed by atoms with Crippen LogP contribution in [0.1, 0.15) is 40.9 Å². The Morgan fingerprint density at radius 1 is 1.26 bits per heavy atom. The van der Waals surface area contributed by atoms with Gasteiger partial charge in [0.05, 0.1) is 5.69 Å². The topological polar surface area (TPSA) is 132 Å². The Morgan fingerprint density at radius 3 is 2.54 bits per heavy atom. The molecule has 1 unspecified atom stereocenters. The Kier molecular flexibility index (Phi) is 6.81. The molecule has 1 saturated heterocycles. The Morgan fingerprint density at radius 2 is 1.91 bits per heavy atom. The van der Waals surface area contributed by atoms with Gasteiger partial charge in [0.25, 0.3) is 5.92 Å². The molecule has 9 nitrogen and oxygen atoms in total. The summed E-state index contributed by atoms with van der Waals surface area (Å²) in [6.07, 6.45) is -0.462. The van der Waals surface area contributed by atoms with E-state index in [1.165, 1.54) is 35.2 Å². The van der Waals surface area contributed by atoms with Gasteiger partial charge in [0.15, 0.2) is 5.13 Å². The third-order valence-electron chi connectivity index (χ3n) is 5.71. The number of primary amides is 1. The lowest BCUT2D eigenvalue weighted by molar-refractivity contribution is -0.118. The van der Waals surface area contributed by atoms with E-state index in [1.807, 2.05) is 4.90 Å². The van der Waals surface area contributed by atoms with Crippen molar-refractivity contribution in [3.8, 4) is 0 Å². The molecule has 35 heavy (non-hydrogen) atoms. The van der Waals surface area contributed by atoms with Crippen molar-refractivity contribution < 1.29 is 27.3 Å². The molecule has 1 atom stereocenters. The van der Waals surface area contributed by atoms with Gasteiger partial charge in [-0.15, -0.1) is 0 Å². The number of carbonyl (C=O) groups excluding carboxylic acids is 2. The number of aromatic nitrogens is 2. The van der Waals surface area contributed by atoms with Crippen LogP contribution in [-0.4, -0.2) is 51.8 Å². The molecule has 4 N–H and O–H groups in total. The van der Waals surface area contributed by atoms with Crippen molar-refractivity contribution >= 4 is 39.7 Å². The summed E-state index contributed by atoms with van der Waals surface area (Å²) >= 11 is 0.917. The molecule has 2 aromatic heterocycles. The van der Waals surface area contributed by atoms with Crippen LogP contribution in [0.2, 0.25) is 0 Å². The highest BCUT2D eigenvalue weighted by atomic mass is 32.1. The summed E-state index contributed by atoms with van der Waals surface area (Å²) in [4.78, 5) is 32.5. The number of amides is 1. The van der Waals surface area contributed by atoms with E-state index in [1.54, 1.807) is 6.92 Å². The van der Waals surface area contributed by atoms with Crippen molar-refractivity contribution in [3.05, 3.63) is 52.5 Å². The van der Waals surface area contributed by atoms with Crippen molar-refractivity contribution in [3.63, 3.8) is 0 Å². The maximum atomic E-state index is 13.4. The van der Waals surface area contributed by atoms with Crippen LogP contribution in [0.3, 0.4) is 0 Å². The maximum absolute atomic E-state index is 13.4. The Balaban J connectivity index is 1.55. The number of carbonyl (C=O) groups is 2. The zero-order chi connectivity index (χ0) is 25.3. The van der Waals surface area contributed by atoms with Gasteiger partial charge < -0.3 is 20.9 Å². The third kappa shape index (κ3) is 5.46. The lowest BCUT2D eigenvalue weighted by Crippen LogP contribution is -2.39. The smallest absolute Gasteiger partial charge is 0.250 e. The Labute approximate surface area is 202 Å². The number of anilines is 3. The number of ketones is 1. The van der Waals surface area contributed by atoms with Crippen molar-refractivity contribution in [1.29, 1.82) is 0 Å². The molecule has 1 aliphatic heterocycles. The van der Waals surface area contributed by atoms with E-state index < -0.39 is 29.5 Å². The van der Waals surface area contributed by atoms with Gasteiger partial charge >= 0.3 is 0 Å². The van der Waals surface area contributed by atoms with Crippen LogP contribution in [0.15, 0.2) is 34.9 Å². The zero-order valence-electron chi connectivity index (χ0n) is 18.7. The minimum absolute atomic E-state index is 0.0593. The highest BCUT2D eigenvalue weighted by molar-refractivity contribution is 7.18. The molecule has 13 heteroatoms. The molecule has 186 valence electrons. The SMILES string of the molecule is CC(C(N)=O)N(c1ccc(F)cc1)c1nc(N)c(C(=O)c2cc(CN3CCC(F)(F)CC3)no2)s1. The molecule has 0 radical (unpaired) electrons. The molecule has 0 saturated carbocycles. The summed E-state index contributed by atoms with van der Waals surface area (Å²) in [6, 6.07) is 5.91. The van der Waals surface area contributed by atoms with Crippen molar-refractivity contribution in [2.24, 2.45) is 5.73 Å². The Hall–Kier alpha value is -3.45. The monoisotopic (exact) mass is 508 g/mol. The number of halogens is 3. The van der Waals surface area contributed by atoms with Crippen LogP contribution in [0.4, 0.5) is 29.8 Å². The standard InChI is InChI=1S/C22H23F3N6O3S/c1-12(20(27)33)31(15-4-2-13(23)3-5-15)21-28-19(26)18(35-21)17(32)16-10-14(29-34-16)11-30-8-6-22(24,25)7-9-30/h2-5,10,12H,6-9,11,26H2,1H3,(H2,27,33). The van der Waals surface area contributed by atoms with Crippen LogP contribution in [-0.2, 0) is 11.3 Å². The molecule has 0 spiro atoms. The number of thiazole rings is 1. The first-order valence-corrected chi connectivity index (χ1v) is 11.6. The average Bonchev–Trinajstić information content (AvgIpc) is 3.43. The van der Waals surface area contributed by atoms with Crippen LogP contribution >= 0.6 is 11.3 Å². The molecule has 1 aromatic carbocycles. The molecule has 1 amide bonds. The molecule has 3 heterocycles. The van der Waals surface area contributed by atoms with Gasteiger partial charge in [0, 0.05) is 44.2 Å². The fourth-order valence-corrected chi connectivity index (χ4v) is 4.72. The molecule has 1 aliphatic rings. The number of piperidine rings is 1. The zero-order valence-corrected chi connectivity index (χ0v) is 19.5. The molecular weight excluding hydrogens is 485 g/mol. The number of likely N-dealkylation sites (tertiary alicyclic amines) is 1. The van der Waals surface area contributed by atoms with E-state index in [2.05, 4.69) is 10.1 Å². The highest BCUT2D eigenvalue weighted by Gasteiger charge is 2.34. The second kappa shape index (κ2) is 9.66. The number of alkyl halides is 2. The number of nitrogens with zero attached hydrogens (tertiary/aromatic N) is 4. The summed E-state index contributed by atoms with van der Waals surface area (Å²) in [5, 5.41) is 4.09. The number of nitrogen functional groups attached to an aromatic ring is 1. The Bertz CT molecular complexity index is 1220. The predicted octanol–water partition coefficient (Wildman–Crippen LogP) is 3.33. The van der Waals surface area contributed by atoms with E-state index in [-0.39, 0.29) is 54.1 Å². The van der Waals surface area contributed by atoms with Gasteiger partial charge in [-0.2, -0.15) is 0 Å². The first-order valence-electron chi connectivity index (χ1n) is 10.7. The van der Waals surface area contributed by atoms with Gasteiger partial charge in [0.2, 0.25) is 17.5 Å². The van der Waals surface area contributed by atoms with Gasteiger partial charge in [0.1, 0.15) is 22.6 Å². The molecule has 3 aromatic rings. The summed E-state index contributed by atoms with van der Waals surface area (Å²) in [5.74, 6) is -4.52. The summed E-state index contributed by atoms with van der Waals surface area (Å²) in [7, 11) is 0. The quantitative estimate of drug-likeness (QED) is 0.443. The fraction of sp³-hybridized carbons (Fsp3) is 0.364. The van der Waals surface area contributed by atoms with E-state index in [4.69, 9.17) is 16.0 Å². The fourth-order valence-electron chi connectivity index (χ4n) is 3.69. The molecule has 0 aliphatic carbocycles. The van der Waals surface area contributed by atoms with E-state index >= 15 is 0 Å². The molecular formula is C22H23F3N6O3S. The summed E-state index contributed by atoms with van der Waals surface area (Å²) in [6.45, 7) is 2.24. The first-order chi connectivity index (χ1) is 16.5. The number of hydrogen-bond donors (Lipinski definition) is 2. The first kappa shape index (κ1) is 24.7. The van der Waals surface area contributed by atoms with Crippen molar-refractivity contribution in [1.82, 2.24) is 15.0 Å². The average molecular weight is 509 g/mol. The van der Waals surface area contributed by atoms with Gasteiger partial charge in [-0.1, -0.05) is 16.5 Å². The predicted molar refractivity (Wildman–Crippen MR) is 123 cm³/mol. The molecule has 1 fully saturated rings. The van der Waals surface area contributed by atoms with E-state index in [9.17, 15) is 22.8 Å². The molecule has 4 rings (SSSR count). The van der Waals surface area contributed by atoms with Gasteiger partial charge in [-0.05, 0) is 31.2 Å². The highest BCUT2D eigenvalue weighted by Crippen LogP contribution is 2.36. The second-order valence-electron chi connectivity index (χ2n) is 8.28. The molecule has 0 bridgehead atoms. The minimum atomic E-state index is -2.66. The largest absolute Gasteiger partial charge is 0.382 e. The van der Waals surface area contributed by atoms with E-state index in [0.717, 1.165) is 11.3 Å². The normalized spacial score (nSPS) is 16.7. The van der Waals surface area contributed by atoms with Crippen LogP contribution < -0.4 is 16.4 Å². The van der Waals surface area contributed by atoms with Crippen LogP contribution in [0.5, 0.6) is 0 Å². The van der Waals surface area contributed by atoms with Crippen molar-refractivity contribution in [2.75, 3.05) is 23.7 Å². The number of benzene rings is 1. The minimum Gasteiger partial charge on any atom is -0.382 e. The van der Waals surface area contributed by atoms with Crippen molar-refractivity contribution in [2.45, 2.75) is 38.3 Å². The van der Waals surface area contributed by atoms with E-state index in [0.29, 0.717) is 11.4 Å². The summed E-state index contributed by atoms with van der Waals surface area (Å²) < 4.78 is 45.3. The lowest BCUT2D eigenvalue weighted by Gasteiger charge is -2.30. The third-order valence-corrected chi connectivity index (χ3v) is 6.78. The maximum Gasteiger partial charge on any atom is 0.250 e. The van der Waals surface area contributed by atoms with Gasteiger partial charge in [-0.3, -0.25) is 14.5 Å². The van der Waals surface area contributed by atoms with Gasteiger partial charge in [-0.25, -0.2) is 18.2 Å². The number of nitrogens with two attached hydrogens (primary N) is 2. The summed E-state index contributed by atoms with van der Waals surface area (Å²) in [5.41, 5.74) is 12.4. The van der Waals surface area contributed by atoms with Crippen LogP contribution in [0, 0.1) is 5.82 Å². The lowest BCUT2D eigenvalue weighted by atomic mass is 10.1. The number of rotatable bonds is 8.